The fraction of sp³-hybridized carbons (Fsp3) is 0.300. The Hall–Kier alpha value is -1.40. The number of aryl methyl sites for hydroxylation is 2. The van der Waals surface area contributed by atoms with Crippen LogP contribution < -0.4 is 5.73 Å². The summed E-state index contributed by atoms with van der Waals surface area (Å²) in [5.74, 6) is 0. The van der Waals surface area contributed by atoms with Gasteiger partial charge < -0.3 is 5.73 Å². The van der Waals surface area contributed by atoms with Crippen LogP contribution in [0, 0.1) is 6.92 Å². The van der Waals surface area contributed by atoms with Gasteiger partial charge in [0.1, 0.15) is 11.4 Å². The number of aromatic nitrogens is 4. The van der Waals surface area contributed by atoms with Crippen LogP contribution >= 0.6 is 11.8 Å². The van der Waals surface area contributed by atoms with Crippen LogP contribution in [0.15, 0.2) is 28.8 Å². The van der Waals surface area contributed by atoms with Crippen LogP contribution in [0.1, 0.15) is 11.1 Å². The van der Waals surface area contributed by atoms with Gasteiger partial charge in [0.2, 0.25) is 0 Å². The Balaban J connectivity index is 2.25. The van der Waals surface area contributed by atoms with Crippen LogP contribution in [0.3, 0.4) is 0 Å². The molecule has 2 aromatic rings. The summed E-state index contributed by atoms with van der Waals surface area (Å²) >= 11 is 1.50. The topological polar surface area (TPSA) is 69.6 Å². The first-order chi connectivity index (χ1) is 7.70. The molecular formula is C10H13N5S. The summed E-state index contributed by atoms with van der Waals surface area (Å²) in [7, 11) is 1.86. The minimum atomic E-state index is 0.517. The standard InChI is InChI=1S/C10H13N5S/c1-7-3-8(4-11)5-12-9(7)16-10-13-6-14-15(10)2/h3,5-6H,4,11H2,1-2H3. The van der Waals surface area contributed by atoms with Gasteiger partial charge in [-0.3, -0.25) is 0 Å². The lowest BCUT2D eigenvalue weighted by atomic mass is 10.2. The van der Waals surface area contributed by atoms with Crippen molar-refractivity contribution < 1.29 is 0 Å². The normalized spacial score (nSPS) is 10.7. The third kappa shape index (κ3) is 2.23. The van der Waals surface area contributed by atoms with Gasteiger partial charge in [-0.05, 0) is 29.8 Å². The first-order valence-electron chi connectivity index (χ1n) is 4.88. The Morgan fingerprint density at radius 1 is 1.44 bits per heavy atom. The molecule has 0 radical (unpaired) electrons. The van der Waals surface area contributed by atoms with Gasteiger partial charge in [-0.15, -0.1) is 0 Å². The average molecular weight is 235 g/mol. The van der Waals surface area contributed by atoms with Crippen molar-refractivity contribution in [2.45, 2.75) is 23.7 Å². The Bertz CT molecular complexity index is 494. The van der Waals surface area contributed by atoms with Crippen LogP contribution in [0.5, 0.6) is 0 Å². The second kappa shape index (κ2) is 4.63. The van der Waals surface area contributed by atoms with Crippen molar-refractivity contribution in [3.8, 4) is 0 Å². The van der Waals surface area contributed by atoms with E-state index in [1.165, 1.54) is 18.1 Å². The molecule has 0 saturated carbocycles. The molecule has 2 heterocycles. The molecule has 2 N–H and O–H groups in total. The average Bonchev–Trinajstić information content (AvgIpc) is 2.67. The number of pyridine rings is 1. The van der Waals surface area contributed by atoms with Crippen LogP contribution in [-0.4, -0.2) is 19.7 Å². The Labute approximate surface area is 98.1 Å². The zero-order valence-corrected chi connectivity index (χ0v) is 10.0. The number of nitrogens with two attached hydrogens (primary N) is 1. The van der Waals surface area contributed by atoms with Gasteiger partial charge >= 0.3 is 0 Å². The predicted molar refractivity (Wildman–Crippen MR) is 62.0 cm³/mol. The maximum Gasteiger partial charge on any atom is 0.192 e. The van der Waals surface area contributed by atoms with Gasteiger partial charge in [-0.2, -0.15) is 5.10 Å². The minimum Gasteiger partial charge on any atom is -0.326 e. The van der Waals surface area contributed by atoms with Crippen molar-refractivity contribution in [2.75, 3.05) is 0 Å². The van der Waals surface area contributed by atoms with Gasteiger partial charge in [0.05, 0.1) is 0 Å². The lowest BCUT2D eigenvalue weighted by Gasteiger charge is -2.05. The molecule has 2 rings (SSSR count). The van der Waals surface area contributed by atoms with E-state index in [0.717, 1.165) is 21.3 Å². The first kappa shape index (κ1) is 11.1. The molecule has 2 aromatic heterocycles. The van der Waals surface area contributed by atoms with Gasteiger partial charge in [0, 0.05) is 19.8 Å². The lowest BCUT2D eigenvalue weighted by molar-refractivity contribution is 0.684. The van der Waals surface area contributed by atoms with E-state index in [2.05, 4.69) is 15.1 Å². The zero-order chi connectivity index (χ0) is 11.5. The lowest BCUT2D eigenvalue weighted by Crippen LogP contribution is -1.99. The Morgan fingerprint density at radius 3 is 2.81 bits per heavy atom. The summed E-state index contributed by atoms with van der Waals surface area (Å²) in [4.78, 5) is 8.51. The molecule has 0 saturated heterocycles. The van der Waals surface area contributed by atoms with Crippen molar-refractivity contribution in [2.24, 2.45) is 12.8 Å². The van der Waals surface area contributed by atoms with Gasteiger partial charge in [-0.1, -0.05) is 6.07 Å². The van der Waals surface area contributed by atoms with Crippen molar-refractivity contribution >= 4 is 11.8 Å². The monoisotopic (exact) mass is 235 g/mol. The summed E-state index contributed by atoms with van der Waals surface area (Å²) in [5, 5.41) is 5.78. The highest BCUT2D eigenvalue weighted by Gasteiger charge is 2.07. The molecule has 0 amide bonds. The van der Waals surface area contributed by atoms with Crippen LogP contribution in [0.2, 0.25) is 0 Å². The Morgan fingerprint density at radius 2 is 2.25 bits per heavy atom. The molecule has 0 spiro atoms. The van der Waals surface area contributed by atoms with Crippen molar-refractivity contribution in [1.82, 2.24) is 19.7 Å². The minimum absolute atomic E-state index is 0.517. The molecule has 16 heavy (non-hydrogen) atoms. The third-order valence-electron chi connectivity index (χ3n) is 2.18. The predicted octanol–water partition coefficient (Wildman–Crippen LogP) is 1.13. The van der Waals surface area contributed by atoms with Gasteiger partial charge in [0.25, 0.3) is 0 Å². The van der Waals surface area contributed by atoms with E-state index < -0.39 is 0 Å². The maximum atomic E-state index is 5.56. The molecule has 0 aromatic carbocycles. The van der Waals surface area contributed by atoms with Crippen molar-refractivity contribution in [3.05, 3.63) is 29.7 Å². The highest BCUT2D eigenvalue weighted by Crippen LogP contribution is 2.26. The molecule has 0 aliphatic rings. The fourth-order valence-corrected chi connectivity index (χ4v) is 2.08. The second-order valence-corrected chi connectivity index (χ2v) is 4.39. The summed E-state index contributed by atoms with van der Waals surface area (Å²) in [6.07, 6.45) is 3.33. The number of hydrogen-bond acceptors (Lipinski definition) is 5. The van der Waals surface area contributed by atoms with Gasteiger partial charge in [-0.25, -0.2) is 14.6 Å². The Kier molecular flexibility index (Phi) is 3.21. The molecular weight excluding hydrogens is 222 g/mol. The van der Waals surface area contributed by atoms with E-state index >= 15 is 0 Å². The SMILES string of the molecule is Cc1cc(CN)cnc1Sc1ncnn1C. The van der Waals surface area contributed by atoms with E-state index in [1.54, 1.807) is 10.9 Å². The highest BCUT2D eigenvalue weighted by atomic mass is 32.2. The molecule has 0 bridgehead atoms. The molecule has 6 heteroatoms. The fourth-order valence-electron chi connectivity index (χ4n) is 1.30. The largest absolute Gasteiger partial charge is 0.326 e. The molecule has 0 fully saturated rings. The van der Waals surface area contributed by atoms with Gasteiger partial charge in [0.15, 0.2) is 5.16 Å². The maximum absolute atomic E-state index is 5.56. The molecule has 0 aliphatic carbocycles. The first-order valence-corrected chi connectivity index (χ1v) is 5.70. The third-order valence-corrected chi connectivity index (χ3v) is 3.35. The van der Waals surface area contributed by atoms with E-state index in [4.69, 9.17) is 5.73 Å². The van der Waals surface area contributed by atoms with E-state index in [1.807, 2.05) is 20.0 Å². The number of nitrogens with zero attached hydrogens (tertiary/aromatic N) is 4. The quantitative estimate of drug-likeness (QED) is 0.863. The zero-order valence-electron chi connectivity index (χ0n) is 9.21. The van der Waals surface area contributed by atoms with E-state index in [9.17, 15) is 0 Å². The smallest absolute Gasteiger partial charge is 0.192 e. The number of hydrogen-bond donors (Lipinski definition) is 1. The van der Waals surface area contributed by atoms with E-state index in [-0.39, 0.29) is 0 Å². The second-order valence-electron chi connectivity index (χ2n) is 3.44. The molecule has 0 unspecified atom stereocenters. The summed E-state index contributed by atoms with van der Waals surface area (Å²) in [6, 6.07) is 2.05. The summed E-state index contributed by atoms with van der Waals surface area (Å²) in [5.41, 5.74) is 7.70. The van der Waals surface area contributed by atoms with Crippen LogP contribution in [0.4, 0.5) is 0 Å². The summed E-state index contributed by atoms with van der Waals surface area (Å²) < 4.78 is 1.72. The number of rotatable bonds is 3. The molecule has 5 nitrogen and oxygen atoms in total. The van der Waals surface area contributed by atoms with Crippen molar-refractivity contribution in [3.63, 3.8) is 0 Å². The summed E-state index contributed by atoms with van der Waals surface area (Å²) in [6.45, 7) is 2.54. The van der Waals surface area contributed by atoms with Crippen molar-refractivity contribution in [1.29, 1.82) is 0 Å². The molecule has 0 atom stereocenters. The van der Waals surface area contributed by atoms with E-state index in [0.29, 0.717) is 6.54 Å². The van der Waals surface area contributed by atoms with Crippen LogP contribution in [-0.2, 0) is 13.6 Å². The molecule has 84 valence electrons. The molecule has 0 aliphatic heterocycles. The van der Waals surface area contributed by atoms with Crippen LogP contribution in [0.25, 0.3) is 0 Å². The highest BCUT2D eigenvalue weighted by molar-refractivity contribution is 7.99.